The number of aromatic nitrogens is 1. The Morgan fingerprint density at radius 3 is 2.49 bits per heavy atom. The maximum atomic E-state index is 12.6. The molecule has 0 amide bonds. The molecule has 0 fully saturated rings. The van der Waals surface area contributed by atoms with Crippen molar-refractivity contribution in [2.24, 2.45) is 0 Å². The van der Waals surface area contributed by atoms with Gasteiger partial charge in [-0.05, 0) is 78.3 Å². The molecular weight excluding hydrogens is 438 g/mol. The largest absolute Gasteiger partial charge is 0.482 e. The van der Waals surface area contributed by atoms with E-state index in [2.05, 4.69) is 44.2 Å². The van der Waals surface area contributed by atoms with Crippen LogP contribution in [0.25, 0.3) is 22.3 Å². The van der Waals surface area contributed by atoms with E-state index in [0.29, 0.717) is 12.3 Å². The average Bonchev–Trinajstić information content (AvgIpc) is 2.86. The Bertz CT molecular complexity index is 1400. The van der Waals surface area contributed by atoms with Gasteiger partial charge in [0, 0.05) is 18.8 Å². The molecule has 35 heavy (non-hydrogen) atoms. The maximum absolute atomic E-state index is 12.6. The molecule has 0 saturated heterocycles. The van der Waals surface area contributed by atoms with Crippen molar-refractivity contribution >= 4 is 5.97 Å². The zero-order valence-corrected chi connectivity index (χ0v) is 20.0. The van der Waals surface area contributed by atoms with E-state index in [1.54, 1.807) is 16.7 Å². The fraction of sp³-hybridized carbons (Fsp3) is 0.200. The van der Waals surface area contributed by atoms with Crippen molar-refractivity contribution in [1.29, 1.82) is 0 Å². The fourth-order valence-corrected chi connectivity index (χ4v) is 4.25. The van der Waals surface area contributed by atoms with Crippen LogP contribution in [0.5, 0.6) is 5.75 Å². The maximum Gasteiger partial charge on any atom is 0.341 e. The van der Waals surface area contributed by atoms with E-state index in [9.17, 15) is 9.59 Å². The fourth-order valence-electron chi connectivity index (χ4n) is 4.25. The highest BCUT2D eigenvalue weighted by Crippen LogP contribution is 2.34. The molecule has 4 aromatic rings. The summed E-state index contributed by atoms with van der Waals surface area (Å²) in [6, 6.07) is 25.7. The second-order valence-corrected chi connectivity index (χ2v) is 8.75. The van der Waals surface area contributed by atoms with E-state index in [1.165, 1.54) is 16.7 Å². The minimum absolute atomic E-state index is 0.0310. The molecule has 0 aliphatic carbocycles. The van der Waals surface area contributed by atoms with Gasteiger partial charge < -0.3 is 14.4 Å². The molecule has 3 aromatic carbocycles. The summed E-state index contributed by atoms with van der Waals surface area (Å²) in [5.41, 5.74) is 7.88. The summed E-state index contributed by atoms with van der Waals surface area (Å²) in [6.45, 7) is 4.43. The second kappa shape index (κ2) is 10.9. The number of benzene rings is 3. The van der Waals surface area contributed by atoms with Gasteiger partial charge in [-0.1, -0.05) is 60.2 Å². The topological polar surface area (TPSA) is 68.5 Å². The molecule has 1 N–H and O–H groups in total. The Morgan fingerprint density at radius 1 is 0.886 bits per heavy atom. The Kier molecular flexibility index (Phi) is 7.46. The number of nitrogens with zero attached hydrogens (tertiary/aromatic N) is 1. The van der Waals surface area contributed by atoms with Crippen LogP contribution in [0.3, 0.4) is 0 Å². The van der Waals surface area contributed by atoms with Gasteiger partial charge in [0.1, 0.15) is 5.75 Å². The van der Waals surface area contributed by atoms with Gasteiger partial charge in [0.2, 0.25) is 0 Å². The predicted octanol–water partition coefficient (Wildman–Crippen LogP) is 5.90. The van der Waals surface area contributed by atoms with Gasteiger partial charge in [0.15, 0.2) is 6.61 Å². The lowest BCUT2D eigenvalue weighted by Gasteiger charge is -2.15. The van der Waals surface area contributed by atoms with Crippen LogP contribution in [0.15, 0.2) is 89.9 Å². The van der Waals surface area contributed by atoms with E-state index in [1.807, 2.05) is 42.6 Å². The van der Waals surface area contributed by atoms with E-state index < -0.39 is 5.97 Å². The van der Waals surface area contributed by atoms with Crippen LogP contribution in [0, 0.1) is 13.8 Å². The third-order valence-corrected chi connectivity index (χ3v) is 6.03. The molecule has 1 heterocycles. The lowest BCUT2D eigenvalue weighted by Crippen LogP contribution is -2.19. The second-order valence-electron chi connectivity index (χ2n) is 8.75. The summed E-state index contributed by atoms with van der Waals surface area (Å²) in [7, 11) is 0. The van der Waals surface area contributed by atoms with Crippen molar-refractivity contribution in [2.45, 2.75) is 33.2 Å². The molecule has 4 rings (SSSR count). The van der Waals surface area contributed by atoms with Crippen LogP contribution in [0.1, 0.15) is 23.1 Å². The highest BCUT2D eigenvalue weighted by atomic mass is 16.5. The monoisotopic (exact) mass is 467 g/mol. The number of aliphatic carboxylic acids is 1. The first-order valence-corrected chi connectivity index (χ1v) is 11.7. The van der Waals surface area contributed by atoms with Crippen molar-refractivity contribution in [1.82, 2.24) is 4.57 Å². The standard InChI is InChI=1S/C30H29NO4/c1-21-12-13-22(2)28(17-21)27-11-4-3-10-26(27)24-14-15-29(32)31(19-24)16-6-8-23-7-5-9-25(18-23)35-20-30(33)34/h3-5,7,9-15,17-19H,6,8,16,20H2,1-2H3,(H,33,34). The predicted molar refractivity (Wildman–Crippen MR) is 139 cm³/mol. The number of pyridine rings is 1. The van der Waals surface area contributed by atoms with Gasteiger partial charge in [-0.15, -0.1) is 0 Å². The Balaban J connectivity index is 1.53. The quantitative estimate of drug-likeness (QED) is 0.333. The third kappa shape index (κ3) is 6.07. The van der Waals surface area contributed by atoms with Crippen molar-refractivity contribution in [3.05, 3.63) is 112 Å². The normalized spacial score (nSPS) is 10.8. The van der Waals surface area contributed by atoms with Gasteiger partial charge in [-0.3, -0.25) is 4.79 Å². The number of carboxylic acid groups (broad SMARTS) is 1. The first-order valence-electron chi connectivity index (χ1n) is 11.7. The molecule has 5 nitrogen and oxygen atoms in total. The van der Waals surface area contributed by atoms with Gasteiger partial charge in [0.05, 0.1) is 0 Å². The Morgan fingerprint density at radius 2 is 1.69 bits per heavy atom. The molecule has 0 radical (unpaired) electrons. The minimum atomic E-state index is -1.01. The summed E-state index contributed by atoms with van der Waals surface area (Å²) < 4.78 is 7.03. The summed E-state index contributed by atoms with van der Waals surface area (Å²) in [5, 5.41) is 8.79. The summed E-state index contributed by atoms with van der Waals surface area (Å²) >= 11 is 0. The summed E-state index contributed by atoms with van der Waals surface area (Å²) in [6.07, 6.45) is 3.46. The molecule has 0 aliphatic rings. The van der Waals surface area contributed by atoms with Crippen molar-refractivity contribution < 1.29 is 14.6 Å². The molecular formula is C30H29NO4. The number of carboxylic acids is 1. The number of aryl methyl sites for hydroxylation is 4. The van der Waals surface area contributed by atoms with Gasteiger partial charge in [-0.25, -0.2) is 4.79 Å². The number of rotatable bonds is 9. The molecule has 0 saturated carbocycles. The van der Waals surface area contributed by atoms with Crippen LogP contribution >= 0.6 is 0 Å². The van der Waals surface area contributed by atoms with Crippen molar-refractivity contribution in [3.63, 3.8) is 0 Å². The zero-order chi connectivity index (χ0) is 24.8. The highest BCUT2D eigenvalue weighted by Gasteiger charge is 2.11. The molecule has 0 atom stereocenters. The van der Waals surface area contributed by atoms with Gasteiger partial charge >= 0.3 is 5.97 Å². The van der Waals surface area contributed by atoms with Crippen LogP contribution in [-0.2, 0) is 17.8 Å². The zero-order valence-electron chi connectivity index (χ0n) is 20.0. The van der Waals surface area contributed by atoms with E-state index in [0.717, 1.165) is 35.1 Å². The van der Waals surface area contributed by atoms with Crippen molar-refractivity contribution in [3.8, 4) is 28.0 Å². The summed E-state index contributed by atoms with van der Waals surface area (Å²) in [5.74, 6) is -0.471. The van der Waals surface area contributed by atoms with Crippen LogP contribution in [0.2, 0.25) is 0 Å². The SMILES string of the molecule is Cc1ccc(C)c(-c2ccccc2-c2ccc(=O)n(CCCc3cccc(OCC(=O)O)c3)c2)c1. The van der Waals surface area contributed by atoms with Crippen LogP contribution in [0.4, 0.5) is 0 Å². The Labute approximate surface area is 205 Å². The highest BCUT2D eigenvalue weighted by molar-refractivity contribution is 5.84. The van der Waals surface area contributed by atoms with Crippen LogP contribution < -0.4 is 10.3 Å². The number of carbonyl (C=O) groups is 1. The number of ether oxygens (including phenoxy) is 1. The lowest BCUT2D eigenvalue weighted by molar-refractivity contribution is -0.139. The molecule has 0 bridgehead atoms. The Hall–Kier alpha value is -4.12. The lowest BCUT2D eigenvalue weighted by atomic mass is 9.92. The van der Waals surface area contributed by atoms with Gasteiger partial charge in [-0.2, -0.15) is 0 Å². The molecule has 0 unspecified atom stereocenters. The molecule has 5 heteroatoms. The third-order valence-electron chi connectivity index (χ3n) is 6.03. The minimum Gasteiger partial charge on any atom is -0.482 e. The van der Waals surface area contributed by atoms with E-state index in [4.69, 9.17) is 9.84 Å². The van der Waals surface area contributed by atoms with Crippen LogP contribution in [-0.4, -0.2) is 22.2 Å². The molecule has 178 valence electrons. The number of hydrogen-bond acceptors (Lipinski definition) is 3. The van der Waals surface area contributed by atoms with Crippen molar-refractivity contribution in [2.75, 3.05) is 6.61 Å². The average molecular weight is 468 g/mol. The van der Waals surface area contributed by atoms with E-state index in [-0.39, 0.29) is 12.2 Å². The number of hydrogen-bond donors (Lipinski definition) is 1. The smallest absolute Gasteiger partial charge is 0.341 e. The first-order chi connectivity index (χ1) is 16.9. The summed E-state index contributed by atoms with van der Waals surface area (Å²) in [4.78, 5) is 23.3. The molecule has 1 aromatic heterocycles. The first kappa shape index (κ1) is 24.0. The molecule has 0 aliphatic heterocycles. The van der Waals surface area contributed by atoms with E-state index >= 15 is 0 Å². The molecule has 0 spiro atoms. The van der Waals surface area contributed by atoms with Gasteiger partial charge in [0.25, 0.3) is 5.56 Å².